The lowest BCUT2D eigenvalue weighted by molar-refractivity contribution is 0.414. The van der Waals surface area contributed by atoms with Gasteiger partial charge in [-0.1, -0.05) is 65.3 Å². The number of benzene rings is 2. The Hall–Kier alpha value is -2.02. The molecule has 2 aromatic carbocycles. The van der Waals surface area contributed by atoms with E-state index in [1.165, 1.54) is 11.8 Å². The Morgan fingerprint density at radius 2 is 1.92 bits per heavy atom. The Morgan fingerprint density at radius 1 is 1.16 bits per heavy atom. The van der Waals surface area contributed by atoms with Crippen LogP contribution in [0.1, 0.15) is 5.56 Å². The van der Waals surface area contributed by atoms with Gasteiger partial charge in [0.2, 0.25) is 5.16 Å². The van der Waals surface area contributed by atoms with Crippen LogP contribution in [0.3, 0.4) is 0 Å². The SMILES string of the molecule is COc1c(Cl)cc(Cl)cc1/C=N\n1c(SC)nnc1-c1ccccc1. The molecule has 3 aromatic rings. The van der Waals surface area contributed by atoms with Crippen LogP contribution in [-0.2, 0) is 0 Å². The van der Waals surface area contributed by atoms with Crippen LogP contribution in [-0.4, -0.2) is 34.5 Å². The van der Waals surface area contributed by atoms with Crippen LogP contribution in [0.15, 0.2) is 52.7 Å². The molecule has 0 atom stereocenters. The minimum atomic E-state index is 0.425. The molecule has 0 aliphatic carbocycles. The number of hydrogen-bond donors (Lipinski definition) is 0. The highest BCUT2D eigenvalue weighted by atomic mass is 35.5. The zero-order valence-electron chi connectivity index (χ0n) is 13.5. The lowest BCUT2D eigenvalue weighted by Gasteiger charge is -2.08. The highest BCUT2D eigenvalue weighted by Crippen LogP contribution is 2.31. The molecule has 0 N–H and O–H groups in total. The molecule has 128 valence electrons. The molecule has 8 heteroatoms. The van der Waals surface area contributed by atoms with Gasteiger partial charge in [0.25, 0.3) is 0 Å². The van der Waals surface area contributed by atoms with E-state index in [2.05, 4.69) is 15.3 Å². The summed E-state index contributed by atoms with van der Waals surface area (Å²) in [4.78, 5) is 0. The second-order valence-electron chi connectivity index (χ2n) is 4.94. The summed E-state index contributed by atoms with van der Waals surface area (Å²) in [6, 6.07) is 13.1. The standard InChI is InChI=1S/C17H14Cl2N4OS/c1-24-15-12(8-13(18)9-14(15)19)10-20-23-16(21-22-17(23)25-2)11-6-4-3-5-7-11/h3-10H,1-2H3/b20-10-. The molecule has 0 aliphatic rings. The summed E-state index contributed by atoms with van der Waals surface area (Å²) in [5, 5.41) is 14.5. The first-order valence-corrected chi connectivity index (χ1v) is 9.24. The minimum absolute atomic E-state index is 0.425. The van der Waals surface area contributed by atoms with E-state index in [4.69, 9.17) is 27.9 Å². The molecule has 0 spiro atoms. The topological polar surface area (TPSA) is 52.3 Å². The molecule has 0 amide bonds. The van der Waals surface area contributed by atoms with Gasteiger partial charge in [-0.15, -0.1) is 10.2 Å². The van der Waals surface area contributed by atoms with Crippen molar-refractivity contribution < 1.29 is 4.74 Å². The molecular weight excluding hydrogens is 379 g/mol. The summed E-state index contributed by atoms with van der Waals surface area (Å²) in [7, 11) is 1.55. The van der Waals surface area contributed by atoms with Crippen molar-refractivity contribution in [1.82, 2.24) is 14.9 Å². The van der Waals surface area contributed by atoms with Crippen molar-refractivity contribution >= 4 is 41.2 Å². The van der Waals surface area contributed by atoms with E-state index in [0.29, 0.717) is 32.3 Å². The van der Waals surface area contributed by atoms with E-state index in [-0.39, 0.29) is 0 Å². The largest absolute Gasteiger partial charge is 0.495 e. The highest BCUT2D eigenvalue weighted by Gasteiger charge is 2.13. The van der Waals surface area contributed by atoms with Crippen LogP contribution in [0.4, 0.5) is 0 Å². The Balaban J connectivity index is 2.07. The molecule has 0 saturated heterocycles. The minimum Gasteiger partial charge on any atom is -0.495 e. The Bertz CT molecular complexity index is 913. The highest BCUT2D eigenvalue weighted by molar-refractivity contribution is 7.98. The van der Waals surface area contributed by atoms with E-state index in [1.54, 1.807) is 30.1 Å². The number of hydrogen-bond acceptors (Lipinski definition) is 5. The number of thioether (sulfide) groups is 1. The van der Waals surface area contributed by atoms with Crippen LogP contribution < -0.4 is 4.74 Å². The molecular formula is C17H14Cl2N4OS. The van der Waals surface area contributed by atoms with Gasteiger partial charge in [0.15, 0.2) is 5.82 Å². The summed E-state index contributed by atoms with van der Waals surface area (Å²) >= 11 is 13.7. The molecule has 3 rings (SSSR count). The smallest absolute Gasteiger partial charge is 0.212 e. The van der Waals surface area contributed by atoms with Gasteiger partial charge < -0.3 is 4.74 Å². The summed E-state index contributed by atoms with van der Waals surface area (Å²) in [6.07, 6.45) is 3.55. The molecule has 0 bridgehead atoms. The van der Waals surface area contributed by atoms with Gasteiger partial charge >= 0.3 is 0 Å². The average molecular weight is 393 g/mol. The normalized spacial score (nSPS) is 11.2. The van der Waals surface area contributed by atoms with Gasteiger partial charge in [-0.25, -0.2) is 0 Å². The number of ether oxygens (including phenoxy) is 1. The lowest BCUT2D eigenvalue weighted by Crippen LogP contribution is -1.98. The monoisotopic (exact) mass is 392 g/mol. The summed E-state index contributed by atoms with van der Waals surface area (Å²) in [5.41, 5.74) is 1.59. The van der Waals surface area contributed by atoms with Crippen LogP contribution >= 0.6 is 35.0 Å². The van der Waals surface area contributed by atoms with E-state index in [9.17, 15) is 0 Å². The van der Waals surface area contributed by atoms with Crippen molar-refractivity contribution in [2.45, 2.75) is 5.16 Å². The van der Waals surface area contributed by atoms with Crippen molar-refractivity contribution in [3.8, 4) is 17.1 Å². The van der Waals surface area contributed by atoms with E-state index < -0.39 is 0 Å². The second kappa shape index (κ2) is 7.91. The van der Waals surface area contributed by atoms with Gasteiger partial charge in [-0.3, -0.25) is 0 Å². The van der Waals surface area contributed by atoms with E-state index in [0.717, 1.165) is 5.56 Å². The molecule has 1 heterocycles. The fourth-order valence-electron chi connectivity index (χ4n) is 2.28. The molecule has 0 fully saturated rings. The number of methoxy groups -OCH3 is 1. The third-order valence-electron chi connectivity index (χ3n) is 3.38. The van der Waals surface area contributed by atoms with Gasteiger partial charge in [0.1, 0.15) is 5.75 Å². The molecule has 0 radical (unpaired) electrons. The van der Waals surface area contributed by atoms with Gasteiger partial charge in [-0.05, 0) is 18.4 Å². The van der Waals surface area contributed by atoms with Gasteiger partial charge in [0.05, 0.1) is 18.3 Å². The van der Waals surface area contributed by atoms with Crippen molar-refractivity contribution in [2.24, 2.45) is 5.10 Å². The molecule has 5 nitrogen and oxygen atoms in total. The van der Waals surface area contributed by atoms with E-state index >= 15 is 0 Å². The van der Waals surface area contributed by atoms with Crippen LogP contribution in [0, 0.1) is 0 Å². The maximum atomic E-state index is 6.17. The van der Waals surface area contributed by atoms with Crippen LogP contribution in [0.25, 0.3) is 11.4 Å². The predicted octanol–water partition coefficient (Wildman–Crippen LogP) is 4.86. The quantitative estimate of drug-likeness (QED) is 0.459. The summed E-state index contributed by atoms with van der Waals surface area (Å²) < 4.78 is 7.02. The van der Waals surface area contributed by atoms with Gasteiger partial charge in [0, 0.05) is 16.1 Å². The predicted molar refractivity (Wildman–Crippen MR) is 103 cm³/mol. The first-order chi connectivity index (χ1) is 12.1. The van der Waals surface area contributed by atoms with Crippen LogP contribution in [0.2, 0.25) is 10.0 Å². The molecule has 0 saturated carbocycles. The fraction of sp³-hybridized carbons (Fsp3) is 0.118. The zero-order chi connectivity index (χ0) is 17.8. The van der Waals surface area contributed by atoms with Crippen molar-refractivity contribution in [1.29, 1.82) is 0 Å². The summed E-state index contributed by atoms with van der Waals surface area (Å²) in [6.45, 7) is 0. The second-order valence-corrected chi connectivity index (χ2v) is 6.56. The molecule has 0 unspecified atom stereocenters. The average Bonchev–Trinajstić information content (AvgIpc) is 3.03. The van der Waals surface area contributed by atoms with Crippen LogP contribution in [0.5, 0.6) is 5.75 Å². The first-order valence-electron chi connectivity index (χ1n) is 7.26. The lowest BCUT2D eigenvalue weighted by atomic mass is 10.2. The van der Waals surface area contributed by atoms with Crippen molar-refractivity contribution in [2.75, 3.05) is 13.4 Å². The molecule has 25 heavy (non-hydrogen) atoms. The third-order valence-corrected chi connectivity index (χ3v) is 4.50. The Morgan fingerprint density at radius 3 is 2.60 bits per heavy atom. The Kier molecular flexibility index (Phi) is 5.63. The van der Waals surface area contributed by atoms with E-state index in [1.807, 2.05) is 36.6 Å². The third kappa shape index (κ3) is 3.81. The van der Waals surface area contributed by atoms with Crippen molar-refractivity contribution in [3.05, 3.63) is 58.1 Å². The number of nitrogens with zero attached hydrogens (tertiary/aromatic N) is 4. The number of rotatable bonds is 5. The number of aromatic nitrogens is 3. The number of halogens is 2. The van der Waals surface area contributed by atoms with Crippen molar-refractivity contribution in [3.63, 3.8) is 0 Å². The first kappa shape index (κ1) is 17.8. The maximum absolute atomic E-state index is 6.17. The maximum Gasteiger partial charge on any atom is 0.212 e. The van der Waals surface area contributed by atoms with Gasteiger partial charge in [-0.2, -0.15) is 9.78 Å². The molecule has 0 aliphatic heterocycles. The Labute approximate surface area is 159 Å². The fourth-order valence-corrected chi connectivity index (χ4v) is 3.29. The molecule has 1 aromatic heterocycles. The zero-order valence-corrected chi connectivity index (χ0v) is 15.8. The summed E-state index contributed by atoms with van der Waals surface area (Å²) in [5.74, 6) is 1.16.